The van der Waals surface area contributed by atoms with E-state index in [1.54, 1.807) is 11.1 Å². The molecule has 1 saturated carbocycles. The second-order valence-corrected chi connectivity index (χ2v) is 5.72. The Morgan fingerprint density at radius 2 is 1.83 bits per heavy atom. The number of hydrogen-bond donors (Lipinski definition) is 2. The zero-order valence-corrected chi connectivity index (χ0v) is 11.2. The first-order valence-corrected chi connectivity index (χ1v) is 7.46. The lowest BCUT2D eigenvalue weighted by Crippen LogP contribution is -2.28. The van der Waals surface area contributed by atoms with Gasteiger partial charge in [-0.2, -0.15) is 0 Å². The van der Waals surface area contributed by atoms with E-state index in [1.807, 2.05) is 0 Å². The Bertz CT molecular complexity index is 396. The van der Waals surface area contributed by atoms with Gasteiger partial charge in [-0.3, -0.25) is 0 Å². The van der Waals surface area contributed by atoms with E-state index in [2.05, 4.69) is 28.8 Å². The van der Waals surface area contributed by atoms with Crippen LogP contribution in [0.3, 0.4) is 0 Å². The van der Waals surface area contributed by atoms with E-state index in [-0.39, 0.29) is 0 Å². The van der Waals surface area contributed by atoms with E-state index < -0.39 is 0 Å². The standard InChI is InChI=1S/C16H24N2/c1-2-4-15-11-13(5-6-14(15)3-1)12-17-9-10-18-16-7-8-16/h5-6,11,16-18H,1-4,7-10,12H2. The van der Waals surface area contributed by atoms with Crippen molar-refractivity contribution in [3.63, 3.8) is 0 Å². The molecule has 2 aliphatic rings. The molecule has 2 N–H and O–H groups in total. The van der Waals surface area contributed by atoms with Crippen molar-refractivity contribution in [2.75, 3.05) is 13.1 Å². The molecule has 0 saturated heterocycles. The van der Waals surface area contributed by atoms with Gasteiger partial charge in [0.05, 0.1) is 0 Å². The van der Waals surface area contributed by atoms with Gasteiger partial charge in [0.15, 0.2) is 0 Å². The van der Waals surface area contributed by atoms with Gasteiger partial charge in [0, 0.05) is 25.7 Å². The van der Waals surface area contributed by atoms with Crippen LogP contribution in [0.25, 0.3) is 0 Å². The normalized spacial score (nSPS) is 18.7. The molecule has 1 aromatic rings. The third-order valence-corrected chi connectivity index (χ3v) is 4.05. The van der Waals surface area contributed by atoms with Gasteiger partial charge in [-0.15, -0.1) is 0 Å². The first-order chi connectivity index (χ1) is 8.92. The number of benzene rings is 1. The van der Waals surface area contributed by atoms with Crippen LogP contribution in [0.2, 0.25) is 0 Å². The molecular formula is C16H24N2. The van der Waals surface area contributed by atoms with Gasteiger partial charge < -0.3 is 10.6 Å². The van der Waals surface area contributed by atoms with Crippen LogP contribution < -0.4 is 10.6 Å². The quantitative estimate of drug-likeness (QED) is 0.751. The Hall–Kier alpha value is -0.860. The molecule has 2 aliphatic carbocycles. The highest BCUT2D eigenvalue weighted by atomic mass is 15.0. The molecule has 1 aromatic carbocycles. The lowest BCUT2D eigenvalue weighted by molar-refractivity contribution is 0.607. The van der Waals surface area contributed by atoms with Crippen molar-refractivity contribution in [2.24, 2.45) is 0 Å². The van der Waals surface area contributed by atoms with E-state index in [1.165, 1.54) is 44.1 Å². The van der Waals surface area contributed by atoms with Crippen LogP contribution in [0.5, 0.6) is 0 Å². The van der Waals surface area contributed by atoms with Crippen molar-refractivity contribution < 1.29 is 0 Å². The molecule has 2 heteroatoms. The zero-order chi connectivity index (χ0) is 12.2. The summed E-state index contributed by atoms with van der Waals surface area (Å²) < 4.78 is 0. The minimum Gasteiger partial charge on any atom is -0.313 e. The van der Waals surface area contributed by atoms with E-state index in [9.17, 15) is 0 Å². The molecule has 0 bridgehead atoms. The van der Waals surface area contributed by atoms with Crippen molar-refractivity contribution in [3.8, 4) is 0 Å². The maximum atomic E-state index is 3.53. The summed E-state index contributed by atoms with van der Waals surface area (Å²) in [5, 5.41) is 7.06. The monoisotopic (exact) mass is 244 g/mol. The summed E-state index contributed by atoms with van der Waals surface area (Å²) in [5.74, 6) is 0. The predicted molar refractivity (Wildman–Crippen MR) is 75.8 cm³/mol. The second kappa shape index (κ2) is 5.85. The average molecular weight is 244 g/mol. The van der Waals surface area contributed by atoms with Crippen LogP contribution >= 0.6 is 0 Å². The van der Waals surface area contributed by atoms with Crippen molar-refractivity contribution in [1.82, 2.24) is 10.6 Å². The molecule has 0 heterocycles. The second-order valence-electron chi connectivity index (χ2n) is 5.72. The fraction of sp³-hybridized carbons (Fsp3) is 0.625. The Kier molecular flexibility index (Phi) is 3.96. The molecule has 0 radical (unpaired) electrons. The first kappa shape index (κ1) is 12.2. The Balaban J connectivity index is 1.43. The fourth-order valence-corrected chi connectivity index (χ4v) is 2.78. The lowest BCUT2D eigenvalue weighted by atomic mass is 9.90. The lowest BCUT2D eigenvalue weighted by Gasteiger charge is -2.16. The number of nitrogens with one attached hydrogen (secondary N) is 2. The van der Waals surface area contributed by atoms with E-state index >= 15 is 0 Å². The SMILES string of the molecule is c1cc2c(cc1CNCCNC1CC1)CCCC2. The Morgan fingerprint density at radius 1 is 1.00 bits per heavy atom. The minimum absolute atomic E-state index is 0.829. The molecule has 2 nitrogen and oxygen atoms in total. The molecular weight excluding hydrogens is 220 g/mol. The van der Waals surface area contributed by atoms with E-state index in [0.29, 0.717) is 0 Å². The molecule has 0 amide bonds. The summed E-state index contributed by atoms with van der Waals surface area (Å²) in [5.41, 5.74) is 4.62. The maximum Gasteiger partial charge on any atom is 0.0206 e. The minimum atomic E-state index is 0.829. The van der Waals surface area contributed by atoms with Crippen molar-refractivity contribution in [2.45, 2.75) is 51.1 Å². The highest BCUT2D eigenvalue weighted by Crippen LogP contribution is 2.22. The van der Waals surface area contributed by atoms with Crippen LogP contribution in [0.4, 0.5) is 0 Å². The van der Waals surface area contributed by atoms with Crippen LogP contribution in [-0.2, 0) is 19.4 Å². The molecule has 0 aliphatic heterocycles. The highest BCUT2D eigenvalue weighted by Gasteiger charge is 2.19. The van der Waals surface area contributed by atoms with Crippen molar-refractivity contribution in [3.05, 3.63) is 34.9 Å². The summed E-state index contributed by atoms with van der Waals surface area (Å²) in [7, 11) is 0. The predicted octanol–water partition coefficient (Wildman–Crippen LogP) is 2.41. The largest absolute Gasteiger partial charge is 0.313 e. The van der Waals surface area contributed by atoms with Gasteiger partial charge in [0.1, 0.15) is 0 Å². The molecule has 1 fully saturated rings. The molecule has 0 unspecified atom stereocenters. The third-order valence-electron chi connectivity index (χ3n) is 4.05. The van der Waals surface area contributed by atoms with Crippen LogP contribution in [0.1, 0.15) is 42.4 Å². The summed E-state index contributed by atoms with van der Waals surface area (Å²) in [6, 6.07) is 7.88. The number of aryl methyl sites for hydroxylation is 2. The summed E-state index contributed by atoms with van der Waals surface area (Å²) in [6.07, 6.45) is 8.07. The molecule has 0 atom stereocenters. The van der Waals surface area contributed by atoms with Gasteiger partial charge in [-0.05, 0) is 55.2 Å². The van der Waals surface area contributed by atoms with Gasteiger partial charge in [0.2, 0.25) is 0 Å². The molecule has 3 rings (SSSR count). The fourth-order valence-electron chi connectivity index (χ4n) is 2.78. The van der Waals surface area contributed by atoms with Crippen molar-refractivity contribution >= 4 is 0 Å². The molecule has 18 heavy (non-hydrogen) atoms. The highest BCUT2D eigenvalue weighted by molar-refractivity contribution is 5.33. The van der Waals surface area contributed by atoms with E-state index in [0.717, 1.165) is 25.7 Å². The molecule has 0 aromatic heterocycles. The Morgan fingerprint density at radius 3 is 2.67 bits per heavy atom. The van der Waals surface area contributed by atoms with Crippen LogP contribution in [-0.4, -0.2) is 19.1 Å². The topological polar surface area (TPSA) is 24.1 Å². The van der Waals surface area contributed by atoms with E-state index in [4.69, 9.17) is 0 Å². The van der Waals surface area contributed by atoms with Gasteiger partial charge in [0.25, 0.3) is 0 Å². The van der Waals surface area contributed by atoms with Gasteiger partial charge in [-0.1, -0.05) is 18.2 Å². The maximum absolute atomic E-state index is 3.53. The average Bonchev–Trinajstić information content (AvgIpc) is 3.22. The van der Waals surface area contributed by atoms with Crippen LogP contribution in [0, 0.1) is 0 Å². The van der Waals surface area contributed by atoms with Gasteiger partial charge in [-0.25, -0.2) is 0 Å². The summed E-state index contributed by atoms with van der Waals surface area (Å²) in [6.45, 7) is 3.20. The molecule has 98 valence electrons. The zero-order valence-electron chi connectivity index (χ0n) is 11.2. The number of hydrogen-bond acceptors (Lipinski definition) is 2. The van der Waals surface area contributed by atoms with Crippen LogP contribution in [0.15, 0.2) is 18.2 Å². The van der Waals surface area contributed by atoms with Crippen molar-refractivity contribution in [1.29, 1.82) is 0 Å². The smallest absolute Gasteiger partial charge is 0.0206 e. The summed E-state index contributed by atoms with van der Waals surface area (Å²) >= 11 is 0. The summed E-state index contributed by atoms with van der Waals surface area (Å²) in [4.78, 5) is 0. The number of rotatable bonds is 6. The molecule has 0 spiro atoms. The van der Waals surface area contributed by atoms with Gasteiger partial charge >= 0.3 is 0 Å². The Labute approximate surface area is 110 Å². The first-order valence-electron chi connectivity index (χ1n) is 7.46. The third kappa shape index (κ3) is 3.33. The number of fused-ring (bicyclic) bond motifs is 1.